The summed E-state index contributed by atoms with van der Waals surface area (Å²) in [5.41, 5.74) is 8.83. The Hall–Kier alpha value is -0.900. The number of aliphatic hydroxyl groups is 1. The fraction of sp³-hybridized carbons (Fsp3) is 0.625. The van der Waals surface area contributed by atoms with Crippen LogP contribution in [0.15, 0.2) is 24.3 Å². The summed E-state index contributed by atoms with van der Waals surface area (Å²) in [6, 6.07) is 8.93. The molecule has 0 amide bonds. The molecule has 1 aliphatic heterocycles. The molecule has 4 atom stereocenters. The van der Waals surface area contributed by atoms with Crippen LogP contribution in [0, 0.1) is 12.8 Å². The van der Waals surface area contributed by atoms with Crippen molar-refractivity contribution in [3.05, 3.63) is 35.4 Å². The Morgan fingerprint density at radius 1 is 1.42 bits per heavy atom. The first-order chi connectivity index (χ1) is 9.06. The highest BCUT2D eigenvalue weighted by molar-refractivity contribution is 5.30. The molecule has 0 aliphatic carbocycles. The first kappa shape index (κ1) is 14.5. The molecule has 1 fully saturated rings. The van der Waals surface area contributed by atoms with Crippen LogP contribution in [-0.2, 0) is 0 Å². The van der Waals surface area contributed by atoms with E-state index in [-0.39, 0.29) is 24.7 Å². The highest BCUT2D eigenvalue weighted by Gasteiger charge is 2.37. The van der Waals surface area contributed by atoms with Gasteiger partial charge in [-0.15, -0.1) is 0 Å². The van der Waals surface area contributed by atoms with Crippen molar-refractivity contribution in [3.63, 3.8) is 0 Å². The lowest BCUT2D eigenvalue weighted by atomic mass is 9.94. The highest BCUT2D eigenvalue weighted by Crippen LogP contribution is 2.35. The van der Waals surface area contributed by atoms with Crippen LogP contribution in [-0.4, -0.2) is 35.2 Å². The number of nitrogens with two attached hydrogens (primary N) is 1. The van der Waals surface area contributed by atoms with Gasteiger partial charge in [0.25, 0.3) is 0 Å². The van der Waals surface area contributed by atoms with E-state index in [0.717, 1.165) is 13.0 Å². The topological polar surface area (TPSA) is 49.5 Å². The normalized spacial score (nSPS) is 27.4. The van der Waals surface area contributed by atoms with Gasteiger partial charge in [0, 0.05) is 12.1 Å². The predicted molar refractivity (Wildman–Crippen MR) is 78.9 cm³/mol. The number of aryl methyl sites for hydroxylation is 1. The number of aliphatic hydroxyl groups excluding tert-OH is 1. The van der Waals surface area contributed by atoms with Crippen LogP contribution in [0.3, 0.4) is 0 Å². The zero-order valence-electron chi connectivity index (χ0n) is 12.2. The Balaban J connectivity index is 2.34. The quantitative estimate of drug-likeness (QED) is 0.873. The van der Waals surface area contributed by atoms with Crippen molar-refractivity contribution in [2.75, 3.05) is 13.2 Å². The molecule has 0 radical (unpaired) electrons. The van der Waals surface area contributed by atoms with Crippen molar-refractivity contribution in [2.24, 2.45) is 11.7 Å². The van der Waals surface area contributed by atoms with E-state index in [1.165, 1.54) is 11.1 Å². The SMILES string of the molecule is Cc1ccccc1C(C(C)N)N1CCC(C)C1CO. The van der Waals surface area contributed by atoms with E-state index < -0.39 is 0 Å². The Morgan fingerprint density at radius 3 is 2.68 bits per heavy atom. The van der Waals surface area contributed by atoms with Gasteiger partial charge in [0.15, 0.2) is 0 Å². The lowest BCUT2D eigenvalue weighted by molar-refractivity contribution is 0.0925. The first-order valence-corrected chi connectivity index (χ1v) is 7.24. The van der Waals surface area contributed by atoms with Gasteiger partial charge in [0.05, 0.1) is 12.6 Å². The average molecular weight is 262 g/mol. The molecule has 0 bridgehead atoms. The molecular formula is C16H26N2O. The van der Waals surface area contributed by atoms with Gasteiger partial charge in [-0.2, -0.15) is 0 Å². The average Bonchev–Trinajstić information content (AvgIpc) is 2.73. The zero-order valence-corrected chi connectivity index (χ0v) is 12.2. The minimum Gasteiger partial charge on any atom is -0.395 e. The summed E-state index contributed by atoms with van der Waals surface area (Å²) in [6.45, 7) is 7.66. The molecule has 1 aromatic carbocycles. The van der Waals surface area contributed by atoms with Crippen molar-refractivity contribution in [1.29, 1.82) is 0 Å². The smallest absolute Gasteiger partial charge is 0.0589 e. The fourth-order valence-corrected chi connectivity index (χ4v) is 3.35. The van der Waals surface area contributed by atoms with Gasteiger partial charge in [0.2, 0.25) is 0 Å². The minimum atomic E-state index is 0.0560. The van der Waals surface area contributed by atoms with E-state index in [1.807, 2.05) is 0 Å². The molecule has 0 aromatic heterocycles. The Labute approximate surface area is 116 Å². The van der Waals surface area contributed by atoms with Gasteiger partial charge >= 0.3 is 0 Å². The summed E-state index contributed by atoms with van der Waals surface area (Å²) < 4.78 is 0. The van der Waals surface area contributed by atoms with Crippen LogP contribution in [0.25, 0.3) is 0 Å². The van der Waals surface area contributed by atoms with E-state index in [0.29, 0.717) is 5.92 Å². The summed E-state index contributed by atoms with van der Waals surface area (Å²) in [5, 5.41) is 9.67. The number of benzene rings is 1. The number of hydrogen-bond donors (Lipinski definition) is 2. The molecule has 106 valence electrons. The van der Waals surface area contributed by atoms with Crippen molar-refractivity contribution < 1.29 is 5.11 Å². The fourth-order valence-electron chi connectivity index (χ4n) is 3.35. The zero-order chi connectivity index (χ0) is 14.0. The third kappa shape index (κ3) is 2.83. The lowest BCUT2D eigenvalue weighted by Gasteiger charge is -2.37. The molecule has 1 aromatic rings. The van der Waals surface area contributed by atoms with Crippen molar-refractivity contribution >= 4 is 0 Å². The second-order valence-corrected chi connectivity index (χ2v) is 5.91. The van der Waals surface area contributed by atoms with E-state index in [1.54, 1.807) is 0 Å². The van der Waals surface area contributed by atoms with Crippen LogP contribution >= 0.6 is 0 Å². The summed E-state index contributed by atoms with van der Waals surface area (Å²) >= 11 is 0. The number of likely N-dealkylation sites (tertiary alicyclic amines) is 1. The van der Waals surface area contributed by atoms with Crippen LogP contribution in [0.1, 0.15) is 37.4 Å². The third-order valence-corrected chi connectivity index (χ3v) is 4.47. The summed E-state index contributed by atoms with van der Waals surface area (Å²) in [5.74, 6) is 0.537. The van der Waals surface area contributed by atoms with Crippen LogP contribution in [0.5, 0.6) is 0 Å². The van der Waals surface area contributed by atoms with Gasteiger partial charge in [0.1, 0.15) is 0 Å². The Bertz CT molecular complexity index is 419. The summed E-state index contributed by atoms with van der Waals surface area (Å²) in [6.07, 6.45) is 1.14. The van der Waals surface area contributed by atoms with Gasteiger partial charge in [-0.3, -0.25) is 4.90 Å². The maximum Gasteiger partial charge on any atom is 0.0589 e. The van der Waals surface area contributed by atoms with Crippen molar-refractivity contribution in [2.45, 2.75) is 45.3 Å². The molecule has 1 heterocycles. The molecule has 2 rings (SSSR count). The van der Waals surface area contributed by atoms with E-state index in [4.69, 9.17) is 5.73 Å². The summed E-state index contributed by atoms with van der Waals surface area (Å²) in [7, 11) is 0. The van der Waals surface area contributed by atoms with E-state index >= 15 is 0 Å². The molecule has 0 spiro atoms. The monoisotopic (exact) mass is 262 g/mol. The summed E-state index contributed by atoms with van der Waals surface area (Å²) in [4.78, 5) is 2.40. The van der Waals surface area contributed by atoms with Gasteiger partial charge < -0.3 is 10.8 Å². The van der Waals surface area contributed by atoms with Gasteiger partial charge in [-0.1, -0.05) is 31.2 Å². The first-order valence-electron chi connectivity index (χ1n) is 7.24. The second-order valence-electron chi connectivity index (χ2n) is 5.91. The maximum absolute atomic E-state index is 9.67. The highest BCUT2D eigenvalue weighted by atomic mass is 16.3. The van der Waals surface area contributed by atoms with Crippen LogP contribution in [0.2, 0.25) is 0 Å². The van der Waals surface area contributed by atoms with Crippen LogP contribution in [0.4, 0.5) is 0 Å². The van der Waals surface area contributed by atoms with E-state index in [2.05, 4.69) is 49.9 Å². The lowest BCUT2D eigenvalue weighted by Crippen LogP contribution is -2.45. The molecule has 1 saturated heterocycles. The second kappa shape index (κ2) is 6.04. The number of rotatable bonds is 4. The minimum absolute atomic E-state index is 0.0560. The Morgan fingerprint density at radius 2 is 2.11 bits per heavy atom. The number of hydrogen-bond acceptors (Lipinski definition) is 3. The predicted octanol–water partition coefficient (Wildman–Crippen LogP) is 2.09. The maximum atomic E-state index is 9.67. The Kier molecular flexibility index (Phi) is 4.61. The standard InChI is InChI=1S/C16H26N2O/c1-11-6-4-5-7-14(11)16(13(3)17)18-9-8-12(2)15(18)10-19/h4-7,12-13,15-16,19H,8-10,17H2,1-3H3. The van der Waals surface area contributed by atoms with Crippen molar-refractivity contribution in [1.82, 2.24) is 4.90 Å². The van der Waals surface area contributed by atoms with Gasteiger partial charge in [-0.25, -0.2) is 0 Å². The van der Waals surface area contributed by atoms with Crippen molar-refractivity contribution in [3.8, 4) is 0 Å². The molecule has 3 heteroatoms. The molecular weight excluding hydrogens is 236 g/mol. The van der Waals surface area contributed by atoms with Gasteiger partial charge in [-0.05, 0) is 43.9 Å². The number of nitrogens with zero attached hydrogens (tertiary/aromatic N) is 1. The third-order valence-electron chi connectivity index (χ3n) is 4.47. The molecule has 19 heavy (non-hydrogen) atoms. The molecule has 0 saturated carbocycles. The molecule has 3 nitrogen and oxygen atoms in total. The molecule has 1 aliphatic rings. The molecule has 3 N–H and O–H groups in total. The molecule has 4 unspecified atom stereocenters. The van der Waals surface area contributed by atoms with E-state index in [9.17, 15) is 5.11 Å². The largest absolute Gasteiger partial charge is 0.395 e. The van der Waals surface area contributed by atoms with Crippen LogP contribution < -0.4 is 5.73 Å².